The van der Waals surface area contributed by atoms with Crippen molar-refractivity contribution < 1.29 is 13.2 Å². The molecule has 0 amide bonds. The van der Waals surface area contributed by atoms with Crippen molar-refractivity contribution in [1.82, 2.24) is 9.71 Å². The molecule has 1 aromatic rings. The molecule has 2 heterocycles. The van der Waals surface area contributed by atoms with E-state index in [1.807, 2.05) is 12.3 Å². The largest absolute Gasteiger partial charge is 0.378 e. The van der Waals surface area contributed by atoms with Gasteiger partial charge in [0.15, 0.2) is 0 Å². The Kier molecular flexibility index (Phi) is 4.63. The third-order valence-electron chi connectivity index (χ3n) is 4.00. The number of nitrogens with one attached hydrogen (secondary N) is 1. The highest BCUT2D eigenvalue weighted by Crippen LogP contribution is 2.41. The van der Waals surface area contributed by atoms with Gasteiger partial charge in [-0.05, 0) is 39.0 Å². The van der Waals surface area contributed by atoms with E-state index in [-0.39, 0.29) is 17.9 Å². The first-order chi connectivity index (χ1) is 10.0. The summed E-state index contributed by atoms with van der Waals surface area (Å²) in [5, 5.41) is 3.12. The lowest BCUT2D eigenvalue weighted by molar-refractivity contribution is 0.108. The lowest BCUT2D eigenvalue weighted by Crippen LogP contribution is -2.30. The first-order valence-corrected chi connectivity index (χ1v) is 10.1. The van der Waals surface area contributed by atoms with Crippen molar-refractivity contribution >= 4 is 21.4 Å². The minimum atomic E-state index is -3.28. The molecule has 2 atom stereocenters. The van der Waals surface area contributed by atoms with Crippen molar-refractivity contribution in [2.24, 2.45) is 0 Å². The monoisotopic (exact) mass is 330 g/mol. The lowest BCUT2D eigenvalue weighted by Gasteiger charge is -2.14. The zero-order valence-electron chi connectivity index (χ0n) is 12.2. The van der Waals surface area contributed by atoms with Crippen molar-refractivity contribution in [1.29, 1.82) is 0 Å². The smallest absolute Gasteiger partial charge is 0.212 e. The van der Waals surface area contributed by atoms with Gasteiger partial charge in [0.2, 0.25) is 10.0 Å². The summed E-state index contributed by atoms with van der Waals surface area (Å²) in [4.78, 5) is 4.56. The van der Waals surface area contributed by atoms with Crippen LogP contribution in [0, 0.1) is 0 Å². The SMILES string of the molecule is C[C@H](NS(=O)(=O)CC[C@H]1CCCO1)c1csc(C2CC2)n1. The standard InChI is InChI=1S/C14H22N2O3S2/c1-10(13-9-20-14(15-13)11-4-5-11)16-21(17,18)8-6-12-3-2-7-19-12/h9-12,16H,2-8H2,1H3/t10-,12+/m0/s1. The van der Waals surface area contributed by atoms with Crippen LogP contribution in [0.2, 0.25) is 0 Å². The van der Waals surface area contributed by atoms with Crippen molar-refractivity contribution in [3.05, 3.63) is 16.1 Å². The summed E-state index contributed by atoms with van der Waals surface area (Å²) in [7, 11) is -3.28. The summed E-state index contributed by atoms with van der Waals surface area (Å²) >= 11 is 1.64. The molecule has 0 bridgehead atoms. The summed E-state index contributed by atoms with van der Waals surface area (Å²) in [5.74, 6) is 0.744. The lowest BCUT2D eigenvalue weighted by atomic mass is 10.2. The van der Waals surface area contributed by atoms with Gasteiger partial charge in [-0.2, -0.15) is 0 Å². The van der Waals surface area contributed by atoms with Gasteiger partial charge in [0.05, 0.1) is 28.6 Å². The fourth-order valence-electron chi connectivity index (χ4n) is 2.56. The van der Waals surface area contributed by atoms with E-state index >= 15 is 0 Å². The van der Waals surface area contributed by atoms with E-state index in [1.165, 1.54) is 12.8 Å². The molecule has 0 aromatic carbocycles. The Morgan fingerprint density at radius 3 is 2.95 bits per heavy atom. The van der Waals surface area contributed by atoms with E-state index < -0.39 is 10.0 Å². The van der Waals surface area contributed by atoms with E-state index in [2.05, 4.69) is 9.71 Å². The number of nitrogens with zero attached hydrogens (tertiary/aromatic N) is 1. The van der Waals surface area contributed by atoms with Gasteiger partial charge in [-0.1, -0.05) is 0 Å². The fraction of sp³-hybridized carbons (Fsp3) is 0.786. The minimum absolute atomic E-state index is 0.109. The molecular weight excluding hydrogens is 308 g/mol. The number of sulfonamides is 1. The second-order valence-electron chi connectivity index (χ2n) is 5.97. The molecule has 3 rings (SSSR count). The van der Waals surface area contributed by atoms with Gasteiger partial charge in [0, 0.05) is 17.9 Å². The molecule has 118 valence electrons. The van der Waals surface area contributed by atoms with Crippen LogP contribution >= 0.6 is 11.3 Å². The van der Waals surface area contributed by atoms with Gasteiger partial charge in [-0.3, -0.25) is 0 Å². The molecule has 7 heteroatoms. The Labute approximate surface area is 130 Å². The van der Waals surface area contributed by atoms with Gasteiger partial charge < -0.3 is 4.74 Å². The summed E-state index contributed by atoms with van der Waals surface area (Å²) in [6.45, 7) is 2.62. The third kappa shape index (κ3) is 4.25. The first kappa shape index (κ1) is 15.4. The molecule has 2 fully saturated rings. The van der Waals surface area contributed by atoms with Gasteiger partial charge in [-0.25, -0.2) is 18.1 Å². The highest BCUT2D eigenvalue weighted by molar-refractivity contribution is 7.89. The average molecular weight is 330 g/mol. The summed E-state index contributed by atoms with van der Waals surface area (Å²) in [5.41, 5.74) is 0.836. The zero-order chi connectivity index (χ0) is 14.9. The third-order valence-corrected chi connectivity index (χ3v) is 6.51. The Morgan fingerprint density at radius 1 is 1.48 bits per heavy atom. The second kappa shape index (κ2) is 6.32. The van der Waals surface area contributed by atoms with Crippen LogP contribution in [-0.4, -0.2) is 31.9 Å². The van der Waals surface area contributed by atoms with Crippen molar-refractivity contribution in [3.8, 4) is 0 Å². The molecule has 2 aliphatic rings. The highest BCUT2D eigenvalue weighted by atomic mass is 32.2. The molecule has 5 nitrogen and oxygen atoms in total. The molecule has 1 saturated heterocycles. The number of thiazole rings is 1. The topological polar surface area (TPSA) is 68.3 Å². The number of hydrogen-bond acceptors (Lipinski definition) is 5. The van der Waals surface area contributed by atoms with E-state index in [0.29, 0.717) is 12.3 Å². The Hall–Kier alpha value is -0.500. The van der Waals surface area contributed by atoms with Crippen molar-refractivity contribution in [2.45, 2.75) is 57.1 Å². The average Bonchev–Trinajstić information content (AvgIpc) is 2.96. The normalized spacial score (nSPS) is 24.3. The molecule has 1 aliphatic heterocycles. The fourth-order valence-corrected chi connectivity index (χ4v) is 5.00. The quantitative estimate of drug-likeness (QED) is 0.834. The van der Waals surface area contributed by atoms with Gasteiger partial charge in [-0.15, -0.1) is 11.3 Å². The molecule has 21 heavy (non-hydrogen) atoms. The van der Waals surface area contributed by atoms with Crippen LogP contribution in [0.5, 0.6) is 0 Å². The van der Waals surface area contributed by atoms with Crippen LogP contribution in [0.4, 0.5) is 0 Å². The van der Waals surface area contributed by atoms with Crippen molar-refractivity contribution in [3.63, 3.8) is 0 Å². The number of hydrogen-bond donors (Lipinski definition) is 1. The maximum atomic E-state index is 12.1. The van der Waals surface area contributed by atoms with E-state index in [0.717, 1.165) is 30.2 Å². The molecule has 1 N–H and O–H groups in total. The van der Waals surface area contributed by atoms with Gasteiger partial charge >= 0.3 is 0 Å². The first-order valence-electron chi connectivity index (χ1n) is 7.60. The number of aromatic nitrogens is 1. The van der Waals surface area contributed by atoms with Crippen LogP contribution in [0.25, 0.3) is 0 Å². The highest BCUT2D eigenvalue weighted by Gasteiger charge is 2.28. The maximum absolute atomic E-state index is 12.1. The Morgan fingerprint density at radius 2 is 2.29 bits per heavy atom. The second-order valence-corrected chi connectivity index (χ2v) is 8.73. The molecule has 0 unspecified atom stereocenters. The van der Waals surface area contributed by atoms with Crippen LogP contribution in [0.3, 0.4) is 0 Å². The van der Waals surface area contributed by atoms with E-state index in [4.69, 9.17) is 4.74 Å². The minimum Gasteiger partial charge on any atom is -0.378 e. The van der Waals surface area contributed by atoms with Crippen molar-refractivity contribution in [2.75, 3.05) is 12.4 Å². The summed E-state index contributed by atoms with van der Waals surface area (Å²) in [6.07, 6.45) is 5.13. The zero-order valence-corrected chi connectivity index (χ0v) is 13.9. The predicted molar refractivity (Wildman–Crippen MR) is 83.0 cm³/mol. The predicted octanol–water partition coefficient (Wildman–Crippen LogP) is 2.57. The van der Waals surface area contributed by atoms with Gasteiger partial charge in [0.1, 0.15) is 0 Å². The molecule has 0 spiro atoms. The van der Waals surface area contributed by atoms with E-state index in [9.17, 15) is 8.42 Å². The Balaban J connectivity index is 1.52. The number of rotatable bonds is 7. The molecule has 1 aromatic heterocycles. The van der Waals surface area contributed by atoms with Crippen LogP contribution < -0.4 is 4.72 Å². The van der Waals surface area contributed by atoms with Crippen LogP contribution in [0.1, 0.15) is 61.7 Å². The van der Waals surface area contributed by atoms with E-state index in [1.54, 1.807) is 11.3 Å². The molecule has 1 saturated carbocycles. The summed E-state index contributed by atoms with van der Waals surface area (Å²) in [6, 6.07) is -0.261. The molecule has 1 aliphatic carbocycles. The molecular formula is C14H22N2O3S2. The summed E-state index contributed by atoms with van der Waals surface area (Å²) < 4.78 is 32.5. The number of ether oxygens (including phenoxy) is 1. The molecule has 0 radical (unpaired) electrons. The maximum Gasteiger partial charge on any atom is 0.212 e. The van der Waals surface area contributed by atoms with Crippen LogP contribution in [-0.2, 0) is 14.8 Å². The Bertz CT molecular complexity index is 575. The van der Waals surface area contributed by atoms with Crippen LogP contribution in [0.15, 0.2) is 5.38 Å². The van der Waals surface area contributed by atoms with Gasteiger partial charge in [0.25, 0.3) is 0 Å².